The second-order valence-electron chi connectivity index (χ2n) is 26.1. The summed E-state index contributed by atoms with van der Waals surface area (Å²) in [6.07, 6.45) is 0.821. The topological polar surface area (TPSA) is 669 Å². The van der Waals surface area contributed by atoms with E-state index in [1.807, 2.05) is 0 Å². The minimum Gasteiger partial charge on any atom is -0.508 e. The number of carbonyl (C=O) groups excluding carboxylic acids is 12. The van der Waals surface area contributed by atoms with Crippen LogP contribution in [0.2, 0.25) is 0 Å². The van der Waals surface area contributed by atoms with Crippen molar-refractivity contribution in [3.05, 3.63) is 65.9 Å². The maximum atomic E-state index is 14.9. The number of phenols is 1. The number of Topliss-reactive ketones (excluding diaryl/α,β-unsaturated/α-hetero) is 1. The Morgan fingerprint density at radius 2 is 1.08 bits per heavy atom. The van der Waals surface area contributed by atoms with E-state index >= 15 is 0 Å². The van der Waals surface area contributed by atoms with Gasteiger partial charge in [-0.15, -0.1) is 20.4 Å². The number of nitrogens with zero attached hydrogens (tertiary/aromatic N) is 7. The molecule has 5 rings (SSSR count). The number of ketones is 1. The van der Waals surface area contributed by atoms with Gasteiger partial charge in [0.2, 0.25) is 75.3 Å². The van der Waals surface area contributed by atoms with Crippen molar-refractivity contribution in [2.24, 2.45) is 17.2 Å². The van der Waals surface area contributed by atoms with E-state index < -0.39 is 169 Å². The molecule has 618 valence electrons. The molecule has 1 fully saturated rings. The van der Waals surface area contributed by atoms with Gasteiger partial charge in [0.25, 0.3) is 0 Å². The third kappa shape index (κ3) is 34.5. The second-order valence-corrected chi connectivity index (χ2v) is 28.2. The summed E-state index contributed by atoms with van der Waals surface area (Å²) >= 11 is 1.94. The first-order chi connectivity index (χ1) is 53.8. The van der Waals surface area contributed by atoms with Crippen molar-refractivity contribution in [2.45, 2.75) is 137 Å². The number of aromatic amines is 1. The van der Waals surface area contributed by atoms with Gasteiger partial charge < -0.3 is 106 Å². The molecule has 2 aromatic heterocycles. The quantitative estimate of drug-likeness (QED) is 0.00846. The van der Waals surface area contributed by atoms with Gasteiger partial charge in [-0.1, -0.05) is 53.9 Å². The van der Waals surface area contributed by atoms with Crippen LogP contribution in [0.4, 0.5) is 0 Å². The summed E-state index contributed by atoms with van der Waals surface area (Å²) in [6.45, 7) is 0.634. The van der Waals surface area contributed by atoms with Crippen LogP contribution in [0, 0.1) is 5.41 Å². The number of carboxylic acid groups (broad SMARTS) is 3. The summed E-state index contributed by atoms with van der Waals surface area (Å²) in [7, 11) is 0. The Labute approximate surface area is 656 Å². The molecule has 1 aliphatic heterocycles. The number of H-pyrrole nitrogens is 1. The number of aliphatic carboxylic acids is 3. The summed E-state index contributed by atoms with van der Waals surface area (Å²) in [4.78, 5) is 205. The third-order valence-corrected chi connectivity index (χ3v) is 18.9. The molecule has 8 atom stereocenters. The number of aliphatic hydroxyl groups is 1. The van der Waals surface area contributed by atoms with Crippen LogP contribution in [0.1, 0.15) is 76.3 Å². The average molecular weight is 1620 g/mol. The number of primary amides is 1. The molecule has 1 saturated heterocycles. The number of thioether (sulfide) groups is 2. The Kier molecular flexibility index (Phi) is 39.6. The molecule has 113 heavy (non-hydrogen) atoms. The van der Waals surface area contributed by atoms with Gasteiger partial charge in [-0.3, -0.25) is 92.0 Å². The first-order valence-electron chi connectivity index (χ1n) is 35.9. The molecule has 2 aromatic carbocycles. The van der Waals surface area contributed by atoms with E-state index in [9.17, 15) is 97.5 Å². The number of aliphatic hydroxyl groups excluding tert-OH is 1. The van der Waals surface area contributed by atoms with E-state index in [-0.39, 0.29) is 151 Å². The highest BCUT2D eigenvalue weighted by Crippen LogP contribution is 2.21. The van der Waals surface area contributed by atoms with Crippen molar-refractivity contribution >= 4 is 129 Å². The number of unbranched alkanes of at least 4 members (excludes halogenated alkanes) is 1. The highest BCUT2D eigenvalue weighted by atomic mass is 32.2. The number of hydrogen-bond donors (Lipinski definition) is 21. The van der Waals surface area contributed by atoms with E-state index in [0.29, 0.717) is 28.5 Å². The minimum atomic E-state index is -1.58. The van der Waals surface area contributed by atoms with Crippen molar-refractivity contribution in [1.82, 2.24) is 98.6 Å². The number of nitrogens with one attached hydrogen (secondary N) is 13. The Hall–Kier alpha value is -11.3. The fourth-order valence-corrected chi connectivity index (χ4v) is 12.8. The standard InChI is InChI=1S/C68H99N23O20S2/c1-38(93)28-47(62(107)84-50(36-92)58(70)103)80-55(98)33-76-59(104)45(11-7-19-74-66(71)72)79-54(97)32-77-60(105)49(30-41-31-75-44-9-4-3-8-43(41)44)83-63(108)48(29-40-12-14-42(95)15-13-40)82-61(106)46(10-5-6-18-69)81-64(109)51(78-39(2)94)37-113-68-87-85-67(86-88-68)112-27-20-73-53(96)17-16-52(65(110)111)91-25-23-89(34-56(99)100)21-22-90(24-26-91)35-57(101)102/h3-4,8-9,12-15,31,45-52,75,92,95H,5-7,10-11,16-30,32-37,69H2,1-2H3,(H2,70,103)(H,73,96)(H,76,104)(H,77,105)(H,78,94)(H,79,97)(H,80,98)(H,81,109)(H,82,106)(H,83,108)(H,84,107)(H,99,100)(H,101,102)(H,110,111)(H4,71,72,74)/t45-,46-,47-,48-,49-,50-,51-,52-/m0/s1. The molecule has 1 aliphatic rings. The molecular formula is C68H99N23O20S2. The van der Waals surface area contributed by atoms with Crippen molar-refractivity contribution in [3.63, 3.8) is 0 Å². The summed E-state index contributed by atoms with van der Waals surface area (Å²) in [5.41, 5.74) is 18.0. The zero-order valence-electron chi connectivity index (χ0n) is 62.2. The Balaban J connectivity index is 1.26. The lowest BCUT2D eigenvalue weighted by Gasteiger charge is -2.30. The van der Waals surface area contributed by atoms with E-state index in [4.69, 9.17) is 22.6 Å². The summed E-state index contributed by atoms with van der Waals surface area (Å²) in [5, 5.41) is 101. The Bertz CT molecular complexity index is 3910. The molecule has 3 heterocycles. The number of fused-ring (bicyclic) bond motifs is 1. The van der Waals surface area contributed by atoms with E-state index in [2.05, 4.69) is 83.9 Å². The highest BCUT2D eigenvalue weighted by Gasteiger charge is 2.35. The molecule has 24 N–H and O–H groups in total. The lowest BCUT2D eigenvalue weighted by Crippen LogP contribution is -2.59. The van der Waals surface area contributed by atoms with Crippen LogP contribution in [0.25, 0.3) is 10.9 Å². The number of aromatic hydroxyl groups is 1. The van der Waals surface area contributed by atoms with Crippen LogP contribution in [0.15, 0.2) is 65.0 Å². The lowest BCUT2D eigenvalue weighted by atomic mass is 10.0. The number of hydrogen-bond acceptors (Lipinski definition) is 28. The zero-order chi connectivity index (χ0) is 83.1. The number of amides is 11. The Morgan fingerprint density at radius 3 is 1.65 bits per heavy atom. The van der Waals surface area contributed by atoms with Gasteiger partial charge in [-0.2, -0.15) is 0 Å². The number of carboxylic acids is 3. The zero-order valence-corrected chi connectivity index (χ0v) is 63.9. The Morgan fingerprint density at radius 1 is 0.558 bits per heavy atom. The third-order valence-electron chi connectivity index (χ3n) is 17.2. The van der Waals surface area contributed by atoms with Gasteiger partial charge in [0, 0.05) is 114 Å². The molecule has 11 amide bonds. The molecule has 0 bridgehead atoms. The van der Waals surface area contributed by atoms with Crippen LogP contribution < -0.4 is 75.7 Å². The van der Waals surface area contributed by atoms with Crippen LogP contribution >= 0.6 is 23.5 Å². The maximum Gasteiger partial charge on any atom is 0.320 e. The summed E-state index contributed by atoms with van der Waals surface area (Å²) in [5.74, 6) is -14.3. The fraction of sp³-hybridized carbons (Fsp3) is 0.529. The first-order valence-corrected chi connectivity index (χ1v) is 37.9. The number of para-hydroxylation sites is 1. The minimum absolute atomic E-state index is 0.0325. The monoisotopic (exact) mass is 1620 g/mol. The largest absolute Gasteiger partial charge is 0.508 e. The molecule has 45 heteroatoms. The van der Waals surface area contributed by atoms with Crippen LogP contribution in [-0.2, 0) is 84.8 Å². The predicted molar refractivity (Wildman–Crippen MR) is 405 cm³/mol. The molecule has 0 radical (unpaired) electrons. The SMILES string of the molecule is CC(=O)C[C@H](NC(=O)CNC(=O)[C@H](CCCNC(=N)N)NC(=O)CNC(=O)[C@H](Cc1c[nH]c2ccccc12)NC(=O)[C@H](Cc1ccc(O)cc1)NC(=O)[C@H](CCCCN)NC(=O)[C@H](CSc1nnc(SCCNC(=O)CC[C@@H](C(=O)O)N2CCN(CC(=O)O)CCN(CC(=O)O)CC2)nn1)NC(C)=O)C(=O)N[C@@H](CO)C(N)=O. The van der Waals surface area contributed by atoms with E-state index in [1.165, 1.54) is 24.3 Å². The number of carbonyl (C=O) groups is 15. The van der Waals surface area contributed by atoms with E-state index in [0.717, 1.165) is 37.4 Å². The molecule has 0 spiro atoms. The normalized spacial score (nSPS) is 14.8. The number of benzene rings is 2. The molecular weight excluding hydrogens is 1520 g/mol. The predicted octanol–water partition coefficient (Wildman–Crippen LogP) is -6.94. The van der Waals surface area contributed by atoms with Gasteiger partial charge >= 0.3 is 17.9 Å². The highest BCUT2D eigenvalue weighted by molar-refractivity contribution is 7.99. The number of rotatable bonds is 49. The molecule has 0 saturated carbocycles. The van der Waals surface area contributed by atoms with Gasteiger partial charge in [-0.05, 0) is 81.3 Å². The van der Waals surface area contributed by atoms with E-state index in [1.54, 1.807) is 45.2 Å². The van der Waals surface area contributed by atoms with Crippen molar-refractivity contribution in [2.75, 3.05) is 103 Å². The molecule has 0 unspecified atom stereocenters. The first kappa shape index (κ1) is 92.3. The fourth-order valence-electron chi connectivity index (χ4n) is 11.5. The second kappa shape index (κ2) is 48.5. The van der Waals surface area contributed by atoms with Gasteiger partial charge in [0.15, 0.2) is 5.96 Å². The maximum absolute atomic E-state index is 14.9. The van der Waals surface area contributed by atoms with Crippen LogP contribution in [0.5, 0.6) is 5.75 Å². The molecule has 0 aliphatic carbocycles. The van der Waals surface area contributed by atoms with Gasteiger partial charge in [0.05, 0.1) is 32.8 Å². The number of nitrogens with two attached hydrogens (primary N) is 3. The van der Waals surface area contributed by atoms with Crippen molar-refractivity contribution < 1.29 is 97.5 Å². The van der Waals surface area contributed by atoms with Crippen LogP contribution in [0.3, 0.4) is 0 Å². The number of guanidine groups is 1. The van der Waals surface area contributed by atoms with Gasteiger partial charge in [-0.25, -0.2) is 0 Å². The molecule has 43 nitrogen and oxygen atoms in total. The lowest BCUT2D eigenvalue weighted by molar-refractivity contribution is -0.145. The van der Waals surface area contributed by atoms with Crippen molar-refractivity contribution in [3.8, 4) is 5.75 Å². The smallest absolute Gasteiger partial charge is 0.320 e. The number of aromatic nitrogens is 5. The summed E-state index contributed by atoms with van der Waals surface area (Å²) < 4.78 is 0. The van der Waals surface area contributed by atoms with Gasteiger partial charge in [0.1, 0.15) is 59.9 Å². The summed E-state index contributed by atoms with van der Waals surface area (Å²) in [6, 6.07) is 1.13. The van der Waals surface area contributed by atoms with Crippen molar-refractivity contribution in [1.29, 1.82) is 5.41 Å². The van der Waals surface area contributed by atoms with Crippen LogP contribution in [-0.4, -0.2) is 312 Å². The molecule has 4 aromatic rings. The average Bonchev–Trinajstić information content (AvgIpc) is 1.69. The number of phenolic OH excluding ortho intramolecular Hbond substituents is 1.